The minimum Gasteiger partial charge on any atom is -0.481 e. The molecule has 0 aliphatic heterocycles. The Bertz CT molecular complexity index is 374. The summed E-state index contributed by atoms with van der Waals surface area (Å²) >= 11 is 5.78. The standard InChI is InChI=1S/C11H13ClO3/c1-7(10(13)14)11(2,15)8-4-3-5-9(12)6-8/h3-7,15H,1-2H3,(H,13,14). The average Bonchev–Trinajstić information content (AvgIpc) is 2.16. The van der Waals surface area contributed by atoms with Crippen molar-refractivity contribution in [3.8, 4) is 0 Å². The summed E-state index contributed by atoms with van der Waals surface area (Å²) in [4.78, 5) is 10.8. The van der Waals surface area contributed by atoms with Gasteiger partial charge in [-0.3, -0.25) is 4.79 Å². The van der Waals surface area contributed by atoms with E-state index in [4.69, 9.17) is 16.7 Å². The van der Waals surface area contributed by atoms with Crippen LogP contribution in [0.2, 0.25) is 5.02 Å². The summed E-state index contributed by atoms with van der Waals surface area (Å²) in [5.74, 6) is -1.93. The van der Waals surface area contributed by atoms with Crippen LogP contribution in [0.4, 0.5) is 0 Å². The lowest BCUT2D eigenvalue weighted by molar-refractivity contribution is -0.150. The molecule has 0 saturated heterocycles. The Hall–Kier alpha value is -1.06. The number of halogens is 1. The lowest BCUT2D eigenvalue weighted by Crippen LogP contribution is -2.35. The van der Waals surface area contributed by atoms with Gasteiger partial charge in [-0.15, -0.1) is 0 Å². The van der Waals surface area contributed by atoms with Crippen molar-refractivity contribution in [1.82, 2.24) is 0 Å². The Kier molecular flexibility index (Phi) is 3.37. The predicted octanol–water partition coefficient (Wildman–Crippen LogP) is 2.27. The topological polar surface area (TPSA) is 57.5 Å². The van der Waals surface area contributed by atoms with Gasteiger partial charge in [0.1, 0.15) is 0 Å². The molecule has 0 amide bonds. The number of carbonyl (C=O) groups is 1. The summed E-state index contributed by atoms with van der Waals surface area (Å²) in [7, 11) is 0. The number of hydrogen-bond donors (Lipinski definition) is 2. The monoisotopic (exact) mass is 228 g/mol. The lowest BCUT2D eigenvalue weighted by Gasteiger charge is -2.28. The Morgan fingerprint density at radius 1 is 1.53 bits per heavy atom. The van der Waals surface area contributed by atoms with Gasteiger partial charge in [0, 0.05) is 5.02 Å². The third kappa shape index (κ3) is 2.49. The summed E-state index contributed by atoms with van der Waals surface area (Å²) in [6.45, 7) is 2.93. The molecule has 1 rings (SSSR count). The number of aliphatic hydroxyl groups is 1. The van der Waals surface area contributed by atoms with Gasteiger partial charge in [-0.1, -0.05) is 23.7 Å². The summed E-state index contributed by atoms with van der Waals surface area (Å²) < 4.78 is 0. The van der Waals surface area contributed by atoms with E-state index in [9.17, 15) is 9.90 Å². The minimum atomic E-state index is -1.42. The van der Waals surface area contributed by atoms with Crippen molar-refractivity contribution in [1.29, 1.82) is 0 Å². The zero-order chi connectivity index (χ0) is 11.6. The molecule has 0 spiro atoms. The molecular weight excluding hydrogens is 216 g/mol. The highest BCUT2D eigenvalue weighted by Gasteiger charge is 2.35. The second-order valence-corrected chi connectivity index (χ2v) is 4.15. The molecule has 3 nitrogen and oxygen atoms in total. The van der Waals surface area contributed by atoms with E-state index in [-0.39, 0.29) is 0 Å². The van der Waals surface area contributed by atoms with Crippen molar-refractivity contribution in [3.63, 3.8) is 0 Å². The van der Waals surface area contributed by atoms with E-state index in [1.807, 2.05) is 0 Å². The molecule has 1 aromatic carbocycles. The SMILES string of the molecule is CC(C(=O)O)C(C)(O)c1cccc(Cl)c1. The highest BCUT2D eigenvalue weighted by molar-refractivity contribution is 6.30. The van der Waals surface area contributed by atoms with Crippen molar-refractivity contribution in [2.45, 2.75) is 19.4 Å². The van der Waals surface area contributed by atoms with Crippen LogP contribution in [-0.4, -0.2) is 16.2 Å². The normalized spacial score (nSPS) is 16.8. The third-order valence-electron chi connectivity index (χ3n) is 2.62. The fourth-order valence-corrected chi connectivity index (χ4v) is 1.48. The van der Waals surface area contributed by atoms with Crippen LogP contribution in [0.5, 0.6) is 0 Å². The maximum Gasteiger partial charge on any atom is 0.309 e. The summed E-state index contributed by atoms with van der Waals surface area (Å²) in [5.41, 5.74) is -0.915. The average molecular weight is 229 g/mol. The van der Waals surface area contributed by atoms with Crippen LogP contribution < -0.4 is 0 Å². The van der Waals surface area contributed by atoms with Gasteiger partial charge in [0.2, 0.25) is 0 Å². The largest absolute Gasteiger partial charge is 0.481 e. The predicted molar refractivity (Wildman–Crippen MR) is 57.8 cm³/mol. The molecule has 2 unspecified atom stereocenters. The molecule has 0 saturated carbocycles. The van der Waals surface area contributed by atoms with Crippen LogP contribution in [-0.2, 0) is 10.4 Å². The number of hydrogen-bond acceptors (Lipinski definition) is 2. The van der Waals surface area contributed by atoms with E-state index >= 15 is 0 Å². The fraction of sp³-hybridized carbons (Fsp3) is 0.364. The number of carboxylic acids is 1. The van der Waals surface area contributed by atoms with Crippen molar-refractivity contribution >= 4 is 17.6 Å². The first-order valence-corrected chi connectivity index (χ1v) is 4.94. The van der Waals surface area contributed by atoms with E-state index < -0.39 is 17.5 Å². The molecule has 4 heteroatoms. The zero-order valence-electron chi connectivity index (χ0n) is 8.57. The molecule has 0 bridgehead atoms. The minimum absolute atomic E-state index is 0.477. The van der Waals surface area contributed by atoms with Crippen LogP contribution >= 0.6 is 11.6 Å². The highest BCUT2D eigenvalue weighted by Crippen LogP contribution is 2.30. The van der Waals surface area contributed by atoms with Crippen molar-refractivity contribution in [2.24, 2.45) is 5.92 Å². The molecule has 0 aliphatic rings. The van der Waals surface area contributed by atoms with Crippen molar-refractivity contribution < 1.29 is 15.0 Å². The fourth-order valence-electron chi connectivity index (χ4n) is 1.29. The van der Waals surface area contributed by atoms with Gasteiger partial charge >= 0.3 is 5.97 Å². The second-order valence-electron chi connectivity index (χ2n) is 3.72. The Morgan fingerprint density at radius 3 is 2.60 bits per heavy atom. The van der Waals surface area contributed by atoms with E-state index in [1.165, 1.54) is 13.8 Å². The number of carboxylic acid groups (broad SMARTS) is 1. The van der Waals surface area contributed by atoms with E-state index in [0.29, 0.717) is 10.6 Å². The second kappa shape index (κ2) is 4.21. The molecule has 0 aromatic heterocycles. The first kappa shape index (κ1) is 12.0. The van der Waals surface area contributed by atoms with Gasteiger partial charge in [-0.2, -0.15) is 0 Å². The molecule has 0 heterocycles. The Labute approximate surface area is 93.3 Å². The molecule has 2 atom stereocenters. The molecule has 0 radical (unpaired) electrons. The van der Waals surface area contributed by atoms with Gasteiger partial charge in [0.15, 0.2) is 0 Å². The van der Waals surface area contributed by atoms with E-state index in [2.05, 4.69) is 0 Å². The van der Waals surface area contributed by atoms with Crippen molar-refractivity contribution in [3.05, 3.63) is 34.9 Å². The molecule has 0 fully saturated rings. The van der Waals surface area contributed by atoms with Crippen LogP contribution in [0.1, 0.15) is 19.4 Å². The van der Waals surface area contributed by atoms with Crippen LogP contribution in [0.15, 0.2) is 24.3 Å². The van der Waals surface area contributed by atoms with Gasteiger partial charge in [-0.25, -0.2) is 0 Å². The highest BCUT2D eigenvalue weighted by atomic mass is 35.5. The summed E-state index contributed by atoms with van der Waals surface area (Å²) in [6.07, 6.45) is 0. The maximum atomic E-state index is 10.8. The van der Waals surface area contributed by atoms with E-state index in [1.54, 1.807) is 24.3 Å². The molecule has 82 valence electrons. The van der Waals surface area contributed by atoms with Gasteiger partial charge < -0.3 is 10.2 Å². The van der Waals surface area contributed by atoms with Gasteiger partial charge in [0.25, 0.3) is 0 Å². The summed E-state index contributed by atoms with van der Waals surface area (Å²) in [6, 6.07) is 6.58. The van der Waals surface area contributed by atoms with E-state index in [0.717, 1.165) is 0 Å². The maximum absolute atomic E-state index is 10.8. The van der Waals surface area contributed by atoms with Gasteiger partial charge in [0.05, 0.1) is 11.5 Å². The molecule has 15 heavy (non-hydrogen) atoms. The molecule has 0 aliphatic carbocycles. The van der Waals surface area contributed by atoms with Crippen LogP contribution in [0.3, 0.4) is 0 Å². The lowest BCUT2D eigenvalue weighted by atomic mass is 9.84. The molecule has 1 aromatic rings. The summed E-state index contributed by atoms with van der Waals surface area (Å²) in [5, 5.41) is 19.4. The smallest absolute Gasteiger partial charge is 0.309 e. The molecular formula is C11H13ClO3. The number of aliphatic carboxylic acids is 1. The quantitative estimate of drug-likeness (QED) is 0.835. The Morgan fingerprint density at radius 2 is 2.13 bits per heavy atom. The van der Waals surface area contributed by atoms with Crippen molar-refractivity contribution in [2.75, 3.05) is 0 Å². The van der Waals surface area contributed by atoms with Crippen LogP contribution in [0.25, 0.3) is 0 Å². The third-order valence-corrected chi connectivity index (χ3v) is 2.86. The first-order valence-electron chi connectivity index (χ1n) is 4.57. The number of benzene rings is 1. The Balaban J connectivity index is 3.10. The van der Waals surface area contributed by atoms with Gasteiger partial charge in [-0.05, 0) is 31.5 Å². The number of rotatable bonds is 3. The first-order chi connectivity index (χ1) is 6.85. The molecule has 2 N–H and O–H groups in total. The zero-order valence-corrected chi connectivity index (χ0v) is 9.32. The van der Waals surface area contributed by atoms with Crippen LogP contribution in [0, 0.1) is 5.92 Å².